The normalized spacial score (nSPS) is 12.7. The van der Waals surface area contributed by atoms with Gasteiger partial charge in [-0.1, -0.05) is 42.4 Å². The van der Waals surface area contributed by atoms with E-state index < -0.39 is 0 Å². The van der Waals surface area contributed by atoms with Gasteiger partial charge in [-0.05, 0) is 13.8 Å². The summed E-state index contributed by atoms with van der Waals surface area (Å²) in [5.41, 5.74) is -0.301. The average Bonchev–Trinajstić information content (AvgIpc) is 2.10. The van der Waals surface area contributed by atoms with E-state index in [1.54, 1.807) is 21.6 Å². The van der Waals surface area contributed by atoms with E-state index in [2.05, 4.69) is 31.8 Å². The van der Waals surface area contributed by atoms with Crippen molar-refractivity contribution >= 4 is 40.1 Å². The van der Waals surface area contributed by atoms with Gasteiger partial charge in [-0.25, -0.2) is 0 Å². The lowest BCUT2D eigenvalue weighted by Gasteiger charge is -2.21. The first-order chi connectivity index (χ1) is 6.69. The Morgan fingerprint density at radius 1 is 1.27 bits per heavy atom. The quantitative estimate of drug-likeness (QED) is 0.347. The first kappa shape index (κ1) is 15.5. The molecule has 5 heteroatoms. The maximum atomic E-state index is 11.5. The molecule has 0 spiro atoms. The predicted octanol–water partition coefficient (Wildman–Crippen LogP) is 3.20. The van der Waals surface area contributed by atoms with Crippen molar-refractivity contribution in [2.75, 3.05) is 11.6 Å². The molecule has 1 amide bonds. The van der Waals surface area contributed by atoms with Crippen LogP contribution in [0.5, 0.6) is 0 Å². The molecule has 0 aliphatic carbocycles. The Kier molecular flexibility index (Phi) is 6.52. The molecule has 15 heavy (non-hydrogen) atoms. The van der Waals surface area contributed by atoms with Gasteiger partial charge in [-0.15, -0.1) is 0 Å². The van der Waals surface area contributed by atoms with Gasteiger partial charge >= 0.3 is 0 Å². The number of amides is 1. The molecule has 0 aromatic carbocycles. The molecule has 0 aliphatic rings. The molecule has 1 N–H and O–H groups in total. The minimum Gasteiger partial charge on any atom is -0.346 e. The van der Waals surface area contributed by atoms with Gasteiger partial charge in [-0.2, -0.15) is 12.6 Å². The molecule has 0 aromatic heterocycles. The van der Waals surface area contributed by atoms with Crippen molar-refractivity contribution in [2.24, 2.45) is 5.41 Å². The molecule has 0 atom stereocenters. The molecular formula is C10H21NOS3. The topological polar surface area (TPSA) is 29.1 Å². The summed E-state index contributed by atoms with van der Waals surface area (Å²) in [7, 11) is 3.42. The van der Waals surface area contributed by atoms with E-state index in [1.807, 2.05) is 20.8 Å². The molecule has 0 radical (unpaired) electrons. The van der Waals surface area contributed by atoms with Crippen LogP contribution in [0.25, 0.3) is 0 Å². The lowest BCUT2D eigenvalue weighted by Crippen LogP contribution is -2.34. The summed E-state index contributed by atoms with van der Waals surface area (Å²) in [5, 5.41) is 2.90. The van der Waals surface area contributed by atoms with Crippen LogP contribution in [0.15, 0.2) is 0 Å². The van der Waals surface area contributed by atoms with Gasteiger partial charge in [0.15, 0.2) is 0 Å². The van der Waals surface area contributed by atoms with Crippen LogP contribution < -0.4 is 5.32 Å². The Hall–Kier alpha value is 0.520. The third-order valence-corrected chi connectivity index (χ3v) is 5.68. The van der Waals surface area contributed by atoms with Crippen LogP contribution in [0.3, 0.4) is 0 Å². The summed E-state index contributed by atoms with van der Waals surface area (Å²) in [6.45, 7) is 10.0. The van der Waals surface area contributed by atoms with Crippen molar-refractivity contribution in [3.05, 3.63) is 0 Å². The van der Waals surface area contributed by atoms with E-state index in [-0.39, 0.29) is 16.1 Å². The van der Waals surface area contributed by atoms with E-state index in [9.17, 15) is 4.79 Å². The zero-order valence-corrected chi connectivity index (χ0v) is 12.6. The fourth-order valence-electron chi connectivity index (χ4n) is 0.576. The third kappa shape index (κ3) is 7.41. The summed E-state index contributed by atoms with van der Waals surface area (Å²) < 4.78 is 0.153. The van der Waals surface area contributed by atoms with Crippen LogP contribution in [0.4, 0.5) is 0 Å². The largest absolute Gasteiger partial charge is 0.346 e. The van der Waals surface area contributed by atoms with Crippen molar-refractivity contribution in [3.8, 4) is 0 Å². The van der Waals surface area contributed by atoms with E-state index in [4.69, 9.17) is 0 Å². The van der Waals surface area contributed by atoms with E-state index in [1.165, 1.54) is 0 Å². The molecule has 0 fully saturated rings. The van der Waals surface area contributed by atoms with Crippen LogP contribution in [-0.4, -0.2) is 22.3 Å². The highest BCUT2D eigenvalue weighted by Crippen LogP contribution is 2.35. The Balaban J connectivity index is 3.69. The van der Waals surface area contributed by atoms with Gasteiger partial charge in [0, 0.05) is 15.9 Å². The highest BCUT2D eigenvalue weighted by molar-refractivity contribution is 8.77. The minimum absolute atomic E-state index is 0.0966. The standard InChI is InChI=1S/C10H21NOS3/c1-9(2,3)8(12)11-7-14-15-10(4,5)6-13/h13H,6-7H2,1-5H3,(H,11,12). The van der Waals surface area contributed by atoms with Gasteiger partial charge in [0.1, 0.15) is 0 Å². The Morgan fingerprint density at radius 3 is 2.20 bits per heavy atom. The van der Waals surface area contributed by atoms with Gasteiger partial charge in [0.25, 0.3) is 0 Å². The van der Waals surface area contributed by atoms with Crippen LogP contribution in [0, 0.1) is 5.41 Å². The molecule has 0 unspecified atom stereocenters. The highest BCUT2D eigenvalue weighted by Gasteiger charge is 2.21. The molecule has 0 saturated heterocycles. The maximum Gasteiger partial charge on any atom is 0.226 e. The number of thiol groups is 1. The molecule has 2 nitrogen and oxygen atoms in total. The lowest BCUT2D eigenvalue weighted by atomic mass is 9.96. The van der Waals surface area contributed by atoms with E-state index in [0.717, 1.165) is 5.75 Å². The number of hydrogen-bond donors (Lipinski definition) is 2. The molecular weight excluding hydrogens is 246 g/mol. The second-order valence-corrected chi connectivity index (χ2v) is 8.34. The van der Waals surface area contributed by atoms with Crippen LogP contribution >= 0.6 is 34.2 Å². The second-order valence-electron chi connectivity index (χ2n) is 5.02. The fraction of sp³-hybridized carbons (Fsp3) is 0.900. The average molecular weight is 267 g/mol. The van der Waals surface area contributed by atoms with Crippen molar-refractivity contribution in [1.82, 2.24) is 5.32 Å². The molecule has 90 valence electrons. The molecule has 0 bridgehead atoms. The number of nitrogens with one attached hydrogen (secondary N) is 1. The van der Waals surface area contributed by atoms with Crippen LogP contribution in [-0.2, 0) is 4.79 Å². The van der Waals surface area contributed by atoms with Gasteiger partial charge in [0.05, 0.1) is 5.88 Å². The zero-order chi connectivity index (χ0) is 12.1. The van der Waals surface area contributed by atoms with Crippen molar-refractivity contribution < 1.29 is 4.79 Å². The molecule has 0 rings (SSSR count). The smallest absolute Gasteiger partial charge is 0.226 e. The maximum absolute atomic E-state index is 11.5. The zero-order valence-electron chi connectivity index (χ0n) is 10.1. The number of carbonyl (C=O) groups excluding carboxylic acids is 1. The van der Waals surface area contributed by atoms with Gasteiger partial charge in [-0.3, -0.25) is 4.79 Å². The lowest BCUT2D eigenvalue weighted by molar-refractivity contribution is -0.128. The summed E-state index contributed by atoms with van der Waals surface area (Å²) in [4.78, 5) is 11.5. The Labute approximate surface area is 107 Å². The van der Waals surface area contributed by atoms with Gasteiger partial charge < -0.3 is 5.32 Å². The number of rotatable bonds is 5. The molecule has 0 heterocycles. The van der Waals surface area contributed by atoms with Crippen LogP contribution in [0.2, 0.25) is 0 Å². The van der Waals surface area contributed by atoms with Crippen molar-refractivity contribution in [3.63, 3.8) is 0 Å². The Morgan fingerprint density at radius 2 is 1.80 bits per heavy atom. The molecule has 0 saturated carbocycles. The van der Waals surface area contributed by atoms with Crippen LogP contribution in [0.1, 0.15) is 34.6 Å². The van der Waals surface area contributed by atoms with Gasteiger partial charge in [0.2, 0.25) is 5.91 Å². The van der Waals surface area contributed by atoms with Crippen molar-refractivity contribution in [1.29, 1.82) is 0 Å². The fourth-order valence-corrected chi connectivity index (χ4v) is 3.14. The summed E-state index contributed by atoms with van der Waals surface area (Å²) >= 11 is 4.27. The second kappa shape index (κ2) is 6.30. The van der Waals surface area contributed by atoms with E-state index in [0.29, 0.717) is 5.88 Å². The number of hydrogen-bond acceptors (Lipinski definition) is 4. The highest BCUT2D eigenvalue weighted by atomic mass is 33.1. The SMILES string of the molecule is CC(C)(CS)SSCNC(=O)C(C)(C)C. The molecule has 0 aliphatic heterocycles. The molecule has 0 aromatic rings. The number of carbonyl (C=O) groups is 1. The van der Waals surface area contributed by atoms with E-state index >= 15 is 0 Å². The minimum atomic E-state index is -0.301. The summed E-state index contributed by atoms with van der Waals surface area (Å²) in [5.74, 6) is 1.58. The summed E-state index contributed by atoms with van der Waals surface area (Å²) in [6, 6.07) is 0. The predicted molar refractivity (Wildman–Crippen MR) is 75.6 cm³/mol. The monoisotopic (exact) mass is 267 g/mol. The Bertz CT molecular complexity index is 211. The third-order valence-electron chi connectivity index (χ3n) is 1.64. The van der Waals surface area contributed by atoms with Crippen molar-refractivity contribution in [2.45, 2.75) is 39.4 Å². The first-order valence-electron chi connectivity index (χ1n) is 4.89. The first-order valence-corrected chi connectivity index (χ1v) is 7.84. The summed E-state index contributed by atoms with van der Waals surface area (Å²) in [6.07, 6.45) is 0.